The van der Waals surface area contributed by atoms with E-state index in [1.807, 2.05) is 0 Å². The third-order valence-electron chi connectivity index (χ3n) is 5.97. The predicted molar refractivity (Wildman–Crippen MR) is 133 cm³/mol. The molecule has 1 atom stereocenters. The topological polar surface area (TPSA) is 117 Å². The maximum Gasteiger partial charge on any atom is 0.289 e. The van der Waals surface area contributed by atoms with E-state index < -0.39 is 47.9 Å². The molecule has 1 aromatic carbocycles. The fourth-order valence-corrected chi connectivity index (χ4v) is 4.21. The minimum Gasteiger partial charge on any atom is -0.347 e. The number of rotatable bonds is 10. The van der Waals surface area contributed by atoms with Crippen molar-refractivity contribution in [3.05, 3.63) is 63.9 Å². The number of amides is 3. The first kappa shape index (κ1) is 28.5. The molecule has 0 saturated heterocycles. The van der Waals surface area contributed by atoms with Gasteiger partial charge in [0.25, 0.3) is 5.91 Å². The standard InChI is InChI=1S/C25H26Cl2F2N4O4/c26-18-5-4-15(11-19(18)27)12-20(22(35)24(37)31-13-17-3-1-2-10-30-17)33-21(34)14-32-23(36)16-6-8-25(28,29)9-7-16/h1-5,10-11,16,20H,6-9,12-14H2,(H,31,37)(H,32,36)(H,33,34)/t20-/m1/s1. The highest BCUT2D eigenvalue weighted by Gasteiger charge is 2.37. The molecule has 3 rings (SSSR count). The van der Waals surface area contributed by atoms with Gasteiger partial charge in [0.15, 0.2) is 0 Å². The number of aromatic nitrogens is 1. The van der Waals surface area contributed by atoms with Crippen LogP contribution < -0.4 is 16.0 Å². The molecule has 0 aliphatic heterocycles. The zero-order chi connectivity index (χ0) is 27.0. The Morgan fingerprint density at radius 3 is 2.41 bits per heavy atom. The van der Waals surface area contributed by atoms with Gasteiger partial charge >= 0.3 is 0 Å². The van der Waals surface area contributed by atoms with Crippen molar-refractivity contribution in [2.24, 2.45) is 5.92 Å². The van der Waals surface area contributed by atoms with Crippen LogP contribution in [-0.2, 0) is 32.1 Å². The molecule has 12 heteroatoms. The average molecular weight is 555 g/mol. The van der Waals surface area contributed by atoms with E-state index >= 15 is 0 Å². The van der Waals surface area contributed by atoms with Crippen LogP contribution in [0.3, 0.4) is 0 Å². The first-order valence-electron chi connectivity index (χ1n) is 11.6. The molecular weight excluding hydrogens is 529 g/mol. The van der Waals surface area contributed by atoms with Crippen molar-refractivity contribution in [3.63, 3.8) is 0 Å². The summed E-state index contributed by atoms with van der Waals surface area (Å²) < 4.78 is 26.7. The lowest BCUT2D eigenvalue weighted by atomic mass is 9.86. The van der Waals surface area contributed by atoms with E-state index in [1.165, 1.54) is 12.1 Å². The van der Waals surface area contributed by atoms with E-state index in [4.69, 9.17) is 23.2 Å². The maximum absolute atomic E-state index is 13.3. The summed E-state index contributed by atoms with van der Waals surface area (Å²) in [5, 5.41) is 7.92. The minimum absolute atomic E-state index is 0.00927. The monoisotopic (exact) mass is 554 g/mol. The molecule has 1 aliphatic carbocycles. The number of carbonyl (C=O) groups is 4. The number of hydrogen-bond acceptors (Lipinski definition) is 5. The van der Waals surface area contributed by atoms with Crippen molar-refractivity contribution >= 4 is 46.7 Å². The summed E-state index contributed by atoms with van der Waals surface area (Å²) >= 11 is 12.0. The van der Waals surface area contributed by atoms with E-state index in [0.717, 1.165) is 0 Å². The number of benzene rings is 1. The SMILES string of the molecule is O=C(CNC(=O)C1CCC(F)(F)CC1)N[C@H](Cc1ccc(Cl)c(Cl)c1)C(=O)C(=O)NCc1ccccn1. The minimum atomic E-state index is -2.77. The Morgan fingerprint density at radius 1 is 1.03 bits per heavy atom. The predicted octanol–water partition coefficient (Wildman–Crippen LogP) is 3.24. The second-order valence-corrected chi connectivity index (χ2v) is 9.60. The van der Waals surface area contributed by atoms with Gasteiger partial charge in [-0.25, -0.2) is 8.78 Å². The lowest BCUT2D eigenvalue weighted by Gasteiger charge is -2.27. The van der Waals surface area contributed by atoms with Crippen LogP contribution in [0, 0.1) is 5.92 Å². The van der Waals surface area contributed by atoms with Gasteiger partial charge in [-0.2, -0.15) is 0 Å². The molecule has 0 radical (unpaired) electrons. The molecule has 8 nitrogen and oxygen atoms in total. The van der Waals surface area contributed by atoms with Gasteiger partial charge in [-0.05, 0) is 42.7 Å². The van der Waals surface area contributed by atoms with E-state index in [0.29, 0.717) is 16.3 Å². The van der Waals surface area contributed by atoms with Gasteiger partial charge in [0.05, 0.1) is 28.8 Å². The summed E-state index contributed by atoms with van der Waals surface area (Å²) in [6, 6.07) is 8.50. The molecule has 1 fully saturated rings. The largest absolute Gasteiger partial charge is 0.347 e. The van der Waals surface area contributed by atoms with Gasteiger partial charge in [0.1, 0.15) is 6.04 Å². The Hall–Kier alpha value is -3.11. The fraction of sp³-hybridized carbons (Fsp3) is 0.400. The van der Waals surface area contributed by atoms with E-state index in [9.17, 15) is 28.0 Å². The molecular formula is C25H26Cl2F2N4O4. The third kappa shape index (κ3) is 8.75. The Morgan fingerprint density at radius 2 is 1.76 bits per heavy atom. The summed E-state index contributed by atoms with van der Waals surface area (Å²) in [6.07, 6.45) is 0.759. The molecule has 198 valence electrons. The molecule has 37 heavy (non-hydrogen) atoms. The number of nitrogens with one attached hydrogen (secondary N) is 3. The van der Waals surface area contributed by atoms with Crippen LogP contribution in [-0.4, -0.2) is 47.0 Å². The molecule has 3 N–H and O–H groups in total. The lowest BCUT2D eigenvalue weighted by molar-refractivity contribution is -0.140. The van der Waals surface area contributed by atoms with Crippen molar-refractivity contribution in [3.8, 4) is 0 Å². The number of halogens is 4. The van der Waals surface area contributed by atoms with E-state index in [-0.39, 0.29) is 43.7 Å². The smallest absolute Gasteiger partial charge is 0.289 e. The Balaban J connectivity index is 1.61. The number of pyridine rings is 1. The van der Waals surface area contributed by atoms with Crippen molar-refractivity contribution in [2.75, 3.05) is 6.54 Å². The van der Waals surface area contributed by atoms with E-state index in [1.54, 1.807) is 30.5 Å². The van der Waals surface area contributed by atoms with Crippen LogP contribution in [0.1, 0.15) is 36.9 Å². The number of ketones is 1. The normalized spacial score (nSPS) is 15.9. The molecule has 0 bridgehead atoms. The Kier molecular flexibility index (Phi) is 9.93. The van der Waals surface area contributed by atoms with Gasteiger partial charge in [0.2, 0.25) is 23.5 Å². The molecule has 1 aromatic heterocycles. The summed E-state index contributed by atoms with van der Waals surface area (Å²) in [4.78, 5) is 54.5. The van der Waals surface area contributed by atoms with Gasteiger partial charge in [-0.15, -0.1) is 0 Å². The Labute approximate surface area is 222 Å². The number of Topliss-reactive ketones (excluding diaryl/α,β-unsaturated/α-hetero) is 1. The lowest BCUT2D eigenvalue weighted by Crippen LogP contribution is -2.51. The molecule has 3 amide bonds. The highest BCUT2D eigenvalue weighted by Crippen LogP contribution is 2.36. The second kappa shape index (κ2) is 12.9. The molecule has 1 heterocycles. The quantitative estimate of drug-likeness (QED) is 0.390. The molecule has 2 aromatic rings. The average Bonchev–Trinajstić information content (AvgIpc) is 2.87. The van der Waals surface area contributed by atoms with Gasteiger partial charge in [-0.3, -0.25) is 24.2 Å². The highest BCUT2D eigenvalue weighted by molar-refractivity contribution is 6.42. The fourth-order valence-electron chi connectivity index (χ4n) is 3.89. The third-order valence-corrected chi connectivity index (χ3v) is 6.71. The van der Waals surface area contributed by atoms with Gasteiger partial charge in [0, 0.05) is 31.4 Å². The van der Waals surface area contributed by atoms with Crippen LogP contribution in [0.15, 0.2) is 42.6 Å². The van der Waals surface area contributed by atoms with E-state index in [2.05, 4.69) is 20.9 Å². The second-order valence-electron chi connectivity index (χ2n) is 8.79. The van der Waals surface area contributed by atoms with Crippen LogP contribution in [0.25, 0.3) is 0 Å². The van der Waals surface area contributed by atoms with Crippen LogP contribution in [0.5, 0.6) is 0 Å². The Bertz CT molecular complexity index is 1140. The van der Waals surface area contributed by atoms with Gasteiger partial charge < -0.3 is 16.0 Å². The van der Waals surface area contributed by atoms with Gasteiger partial charge in [-0.1, -0.05) is 35.3 Å². The van der Waals surface area contributed by atoms with Crippen molar-refractivity contribution in [1.82, 2.24) is 20.9 Å². The van der Waals surface area contributed by atoms with Crippen LogP contribution in [0.4, 0.5) is 8.78 Å². The number of alkyl halides is 2. The summed E-state index contributed by atoms with van der Waals surface area (Å²) in [5.41, 5.74) is 1.08. The van der Waals surface area contributed by atoms with Crippen LogP contribution in [0.2, 0.25) is 10.0 Å². The van der Waals surface area contributed by atoms with Crippen molar-refractivity contribution < 1.29 is 28.0 Å². The first-order chi connectivity index (χ1) is 17.5. The van der Waals surface area contributed by atoms with Crippen molar-refractivity contribution in [2.45, 2.75) is 50.6 Å². The zero-order valence-electron chi connectivity index (χ0n) is 19.7. The zero-order valence-corrected chi connectivity index (χ0v) is 21.2. The summed E-state index contributed by atoms with van der Waals surface area (Å²) in [7, 11) is 0. The van der Waals surface area contributed by atoms with Crippen molar-refractivity contribution in [1.29, 1.82) is 0 Å². The molecule has 0 spiro atoms. The molecule has 1 saturated carbocycles. The summed E-state index contributed by atoms with van der Waals surface area (Å²) in [5.74, 6) is -6.45. The van der Waals surface area contributed by atoms with Crippen LogP contribution >= 0.6 is 23.2 Å². The number of hydrogen-bond donors (Lipinski definition) is 3. The number of carbonyl (C=O) groups excluding carboxylic acids is 4. The number of nitrogens with zero attached hydrogens (tertiary/aromatic N) is 1. The highest BCUT2D eigenvalue weighted by atomic mass is 35.5. The molecule has 0 unspecified atom stereocenters. The first-order valence-corrected chi connectivity index (χ1v) is 12.4. The maximum atomic E-state index is 13.3. The summed E-state index contributed by atoms with van der Waals surface area (Å²) in [6.45, 7) is -0.470. The molecule has 1 aliphatic rings.